The van der Waals surface area contributed by atoms with Crippen LogP contribution in [-0.4, -0.2) is 37.3 Å². The first-order valence-corrected chi connectivity index (χ1v) is 9.51. The highest BCUT2D eigenvalue weighted by Crippen LogP contribution is 2.23. The Kier molecular flexibility index (Phi) is 5.08. The molecule has 3 rings (SSSR count). The van der Waals surface area contributed by atoms with Crippen molar-refractivity contribution in [2.75, 3.05) is 12.4 Å². The summed E-state index contributed by atoms with van der Waals surface area (Å²) in [7, 11) is -3.06. The zero-order valence-electron chi connectivity index (χ0n) is 13.9. The molecule has 3 aromatic rings. The number of nitrogens with zero attached hydrogens (tertiary/aromatic N) is 4. The summed E-state index contributed by atoms with van der Waals surface area (Å²) in [5.41, 5.74) is 1.03. The van der Waals surface area contributed by atoms with Crippen LogP contribution in [0.2, 0.25) is 0 Å². The summed E-state index contributed by atoms with van der Waals surface area (Å²) < 4.78 is 44.2. The summed E-state index contributed by atoms with van der Waals surface area (Å²) in [6.45, 7) is 0.569. The van der Waals surface area contributed by atoms with Crippen LogP contribution in [0.3, 0.4) is 0 Å². The van der Waals surface area contributed by atoms with E-state index >= 15 is 0 Å². The summed E-state index contributed by atoms with van der Waals surface area (Å²) in [5.74, 6) is -1.11. The summed E-state index contributed by atoms with van der Waals surface area (Å²) >= 11 is 0. The fraction of sp³-hybridized carbons (Fsp3) is 0.235. The Bertz CT molecular complexity index is 1090. The average Bonchev–Trinajstić information content (AvgIpc) is 3.02. The molecule has 2 heterocycles. The minimum absolute atomic E-state index is 0.0435. The molecule has 26 heavy (non-hydrogen) atoms. The molecule has 0 N–H and O–H groups in total. The standard InChI is InChI=1S/C17H16F2N4O2S/c1-12(24)22-26(25,6-2-5-18)16-3-4-17-13(7-16)11-23(21-17)15-8-14(19)9-20-10-15/h3-4,7-11H,2,5-6H2,1H3. The zero-order chi connectivity index (χ0) is 18.7. The number of aromatic nitrogens is 3. The topological polar surface area (TPSA) is 77.2 Å². The molecule has 2 aromatic heterocycles. The molecule has 0 radical (unpaired) electrons. The van der Waals surface area contributed by atoms with Crippen molar-refractivity contribution in [1.82, 2.24) is 14.8 Å². The average molecular weight is 378 g/mol. The molecule has 0 saturated carbocycles. The minimum Gasteiger partial charge on any atom is -0.272 e. The van der Waals surface area contributed by atoms with E-state index in [1.54, 1.807) is 24.4 Å². The number of carbonyl (C=O) groups excluding carboxylic acids is 1. The Morgan fingerprint density at radius 3 is 2.81 bits per heavy atom. The van der Waals surface area contributed by atoms with E-state index in [1.807, 2.05) is 0 Å². The first kappa shape index (κ1) is 18.1. The molecule has 1 aromatic carbocycles. The Labute approximate surface area is 149 Å². The number of hydrogen-bond donors (Lipinski definition) is 0. The molecular weight excluding hydrogens is 362 g/mol. The van der Waals surface area contributed by atoms with Gasteiger partial charge < -0.3 is 0 Å². The second kappa shape index (κ2) is 7.28. The van der Waals surface area contributed by atoms with Crippen LogP contribution in [0.5, 0.6) is 0 Å². The van der Waals surface area contributed by atoms with Crippen LogP contribution < -0.4 is 0 Å². The van der Waals surface area contributed by atoms with Gasteiger partial charge in [0.2, 0.25) is 0 Å². The highest BCUT2D eigenvalue weighted by Gasteiger charge is 2.16. The molecule has 0 aliphatic carbocycles. The number of rotatable bonds is 5. The summed E-state index contributed by atoms with van der Waals surface area (Å²) in [4.78, 5) is 15.5. The largest absolute Gasteiger partial charge is 0.272 e. The van der Waals surface area contributed by atoms with Crippen molar-refractivity contribution >= 4 is 26.5 Å². The molecule has 0 aliphatic heterocycles. The van der Waals surface area contributed by atoms with E-state index in [0.29, 0.717) is 21.5 Å². The molecule has 6 nitrogen and oxygen atoms in total. The monoisotopic (exact) mass is 378 g/mol. The van der Waals surface area contributed by atoms with Crippen LogP contribution >= 0.6 is 0 Å². The van der Waals surface area contributed by atoms with Gasteiger partial charge in [0, 0.05) is 35.2 Å². The van der Waals surface area contributed by atoms with Crippen LogP contribution in [0.4, 0.5) is 8.78 Å². The van der Waals surface area contributed by atoms with E-state index in [-0.39, 0.29) is 12.2 Å². The van der Waals surface area contributed by atoms with E-state index in [9.17, 15) is 17.8 Å². The summed E-state index contributed by atoms with van der Waals surface area (Å²) in [6.07, 6.45) is 4.24. The lowest BCUT2D eigenvalue weighted by molar-refractivity contribution is -0.115. The highest BCUT2D eigenvalue weighted by atomic mass is 32.2. The fourth-order valence-corrected chi connectivity index (χ4v) is 4.47. The molecule has 1 atom stereocenters. The SMILES string of the molecule is CC(=O)N=S(=O)(CCCF)c1ccc2nn(-c3cncc(F)c3)cc2c1. The van der Waals surface area contributed by atoms with Crippen LogP contribution in [-0.2, 0) is 14.5 Å². The van der Waals surface area contributed by atoms with Crippen LogP contribution in [0.25, 0.3) is 16.6 Å². The molecule has 0 saturated heterocycles. The summed E-state index contributed by atoms with van der Waals surface area (Å²) in [6, 6.07) is 6.10. The van der Waals surface area contributed by atoms with E-state index in [0.717, 1.165) is 6.20 Å². The van der Waals surface area contributed by atoms with Crippen molar-refractivity contribution in [1.29, 1.82) is 0 Å². The lowest BCUT2D eigenvalue weighted by Crippen LogP contribution is -2.09. The molecule has 0 bridgehead atoms. The third kappa shape index (κ3) is 3.77. The van der Waals surface area contributed by atoms with E-state index in [1.165, 1.54) is 23.9 Å². The normalized spacial score (nSPS) is 13.5. The van der Waals surface area contributed by atoms with Gasteiger partial charge in [-0.25, -0.2) is 13.3 Å². The first-order chi connectivity index (χ1) is 12.4. The van der Waals surface area contributed by atoms with E-state index in [2.05, 4.69) is 14.4 Å². The number of halogens is 2. The van der Waals surface area contributed by atoms with Crippen molar-refractivity contribution < 1.29 is 17.8 Å². The van der Waals surface area contributed by atoms with Crippen molar-refractivity contribution in [3.05, 3.63) is 48.7 Å². The molecule has 9 heteroatoms. The van der Waals surface area contributed by atoms with Crippen molar-refractivity contribution in [2.24, 2.45) is 4.36 Å². The maximum atomic E-state index is 13.4. The van der Waals surface area contributed by atoms with Crippen molar-refractivity contribution in [3.8, 4) is 5.69 Å². The Hall–Kier alpha value is -2.68. The van der Waals surface area contributed by atoms with Gasteiger partial charge in [-0.05, 0) is 24.6 Å². The summed E-state index contributed by atoms with van der Waals surface area (Å²) in [5, 5.41) is 4.97. The predicted octanol–water partition coefficient (Wildman–Crippen LogP) is 3.29. The lowest BCUT2D eigenvalue weighted by atomic mass is 10.3. The van der Waals surface area contributed by atoms with Crippen LogP contribution in [0.1, 0.15) is 13.3 Å². The number of pyridine rings is 1. The van der Waals surface area contributed by atoms with Gasteiger partial charge in [0.05, 0.1) is 40.0 Å². The number of fused-ring (bicyclic) bond motifs is 1. The molecule has 0 fully saturated rings. The fourth-order valence-electron chi connectivity index (χ4n) is 2.53. The van der Waals surface area contributed by atoms with Gasteiger partial charge in [-0.1, -0.05) is 0 Å². The third-order valence-corrected chi connectivity index (χ3v) is 6.01. The maximum Gasteiger partial charge on any atom is 0.250 e. The van der Waals surface area contributed by atoms with E-state index in [4.69, 9.17) is 0 Å². The quantitative estimate of drug-likeness (QED) is 0.683. The van der Waals surface area contributed by atoms with Crippen LogP contribution in [0, 0.1) is 5.82 Å². The molecule has 136 valence electrons. The van der Waals surface area contributed by atoms with Gasteiger partial charge in [-0.15, -0.1) is 0 Å². The first-order valence-electron chi connectivity index (χ1n) is 7.83. The predicted molar refractivity (Wildman–Crippen MR) is 93.8 cm³/mol. The highest BCUT2D eigenvalue weighted by molar-refractivity contribution is 7.94. The van der Waals surface area contributed by atoms with Crippen molar-refractivity contribution in [3.63, 3.8) is 0 Å². The zero-order valence-corrected chi connectivity index (χ0v) is 14.7. The lowest BCUT2D eigenvalue weighted by Gasteiger charge is -2.08. The van der Waals surface area contributed by atoms with Gasteiger partial charge >= 0.3 is 0 Å². The van der Waals surface area contributed by atoms with E-state index < -0.39 is 28.1 Å². The van der Waals surface area contributed by atoms with Crippen molar-refractivity contribution in [2.45, 2.75) is 18.2 Å². The number of carbonyl (C=O) groups is 1. The number of amides is 1. The molecule has 1 amide bonds. The molecule has 0 aliphatic rings. The minimum atomic E-state index is -3.06. The Morgan fingerprint density at radius 1 is 1.31 bits per heavy atom. The number of benzene rings is 1. The maximum absolute atomic E-state index is 13.4. The van der Waals surface area contributed by atoms with Gasteiger partial charge in [-0.3, -0.25) is 14.2 Å². The molecule has 1 unspecified atom stereocenters. The Balaban J connectivity index is 2.08. The van der Waals surface area contributed by atoms with Gasteiger partial charge in [-0.2, -0.15) is 9.46 Å². The van der Waals surface area contributed by atoms with Gasteiger partial charge in [0.15, 0.2) is 0 Å². The smallest absolute Gasteiger partial charge is 0.250 e. The molecule has 0 spiro atoms. The van der Waals surface area contributed by atoms with Gasteiger partial charge in [0.25, 0.3) is 5.91 Å². The van der Waals surface area contributed by atoms with Crippen LogP contribution in [0.15, 0.2) is 52.1 Å². The number of hydrogen-bond acceptors (Lipinski definition) is 4. The third-order valence-electron chi connectivity index (χ3n) is 3.63. The second-order valence-corrected chi connectivity index (χ2v) is 8.00. The van der Waals surface area contributed by atoms with Gasteiger partial charge in [0.1, 0.15) is 5.82 Å². The molecular formula is C17H16F2N4O2S. The second-order valence-electron chi connectivity index (χ2n) is 5.65. The Morgan fingerprint density at radius 2 is 2.12 bits per heavy atom. The number of alkyl halides is 1.